The van der Waals surface area contributed by atoms with Gasteiger partial charge in [-0.05, 0) is 31.7 Å². The largest absolute Gasteiger partial charge is 0.505 e. The van der Waals surface area contributed by atoms with Crippen molar-refractivity contribution in [3.63, 3.8) is 0 Å². The van der Waals surface area contributed by atoms with Crippen molar-refractivity contribution >= 4 is 21.8 Å². The van der Waals surface area contributed by atoms with Gasteiger partial charge in [0.05, 0.1) is 11.8 Å². The lowest BCUT2D eigenvalue weighted by atomic mass is 10.1. The fourth-order valence-corrected chi connectivity index (χ4v) is 2.76. The van der Waals surface area contributed by atoms with Crippen molar-refractivity contribution < 1.29 is 9.90 Å². The molecule has 2 rings (SSSR count). The Kier molecular flexibility index (Phi) is 4.58. The zero-order chi connectivity index (χ0) is 13.0. The minimum absolute atomic E-state index is 0.0337. The van der Waals surface area contributed by atoms with Crippen LogP contribution in [0.25, 0.3) is 0 Å². The highest BCUT2D eigenvalue weighted by Crippen LogP contribution is 2.26. The number of alkyl halides is 1. The molecule has 0 aromatic carbocycles. The number of nitrogens with zero attached hydrogens (tertiary/aromatic N) is 2. The Morgan fingerprint density at radius 3 is 3.17 bits per heavy atom. The normalized spacial score (nSPS) is 19.2. The summed E-state index contributed by atoms with van der Waals surface area (Å²) < 4.78 is 0. The molecule has 0 saturated carbocycles. The highest BCUT2D eigenvalue weighted by atomic mass is 79.9. The van der Waals surface area contributed by atoms with Crippen LogP contribution in [0.5, 0.6) is 5.75 Å². The summed E-state index contributed by atoms with van der Waals surface area (Å²) in [6.07, 6.45) is 7.04. The molecule has 1 saturated heterocycles. The van der Waals surface area contributed by atoms with Crippen LogP contribution in [0, 0.1) is 0 Å². The summed E-state index contributed by atoms with van der Waals surface area (Å²) in [7, 11) is 0. The lowest BCUT2D eigenvalue weighted by Crippen LogP contribution is -2.35. The van der Waals surface area contributed by atoms with E-state index in [4.69, 9.17) is 0 Å². The molecule has 5 heteroatoms. The molecular formula is C13H17BrN2O2. The number of carbonyl (C=O) groups is 1. The molecule has 1 aliphatic heterocycles. The Morgan fingerprint density at radius 1 is 1.61 bits per heavy atom. The molecule has 0 radical (unpaired) electrons. The number of pyridine rings is 1. The van der Waals surface area contributed by atoms with Gasteiger partial charge >= 0.3 is 0 Å². The van der Waals surface area contributed by atoms with Crippen molar-refractivity contribution in [1.29, 1.82) is 0 Å². The van der Waals surface area contributed by atoms with Gasteiger partial charge in [0, 0.05) is 24.1 Å². The van der Waals surface area contributed by atoms with Crippen LogP contribution in [0.1, 0.15) is 36.0 Å². The number of likely N-dealkylation sites (tertiary alicyclic amines) is 1. The van der Waals surface area contributed by atoms with E-state index in [1.165, 1.54) is 12.4 Å². The van der Waals surface area contributed by atoms with Crippen molar-refractivity contribution in [1.82, 2.24) is 9.88 Å². The Labute approximate surface area is 115 Å². The van der Waals surface area contributed by atoms with Crippen LogP contribution in [0.15, 0.2) is 18.5 Å². The highest BCUT2D eigenvalue weighted by molar-refractivity contribution is 9.09. The molecule has 1 aromatic rings. The molecule has 1 N–H and O–H groups in total. The Hall–Kier alpha value is -1.10. The average molecular weight is 313 g/mol. The first kappa shape index (κ1) is 13.3. The molecule has 18 heavy (non-hydrogen) atoms. The minimum Gasteiger partial charge on any atom is -0.505 e. The lowest BCUT2D eigenvalue weighted by molar-refractivity contribution is 0.0727. The Bertz CT molecular complexity index is 425. The van der Waals surface area contributed by atoms with Gasteiger partial charge < -0.3 is 10.0 Å². The van der Waals surface area contributed by atoms with Crippen LogP contribution in [-0.2, 0) is 0 Å². The standard InChI is InChI=1S/C13H17BrN2O2/c14-6-1-3-10-4-2-8-16(10)13(18)11-5-7-15-9-12(11)17/h5,7,9-10,17H,1-4,6,8H2. The molecule has 4 nitrogen and oxygen atoms in total. The number of carbonyl (C=O) groups excluding carboxylic acids is 1. The van der Waals surface area contributed by atoms with E-state index < -0.39 is 0 Å². The maximum Gasteiger partial charge on any atom is 0.257 e. The van der Waals surface area contributed by atoms with E-state index >= 15 is 0 Å². The van der Waals surface area contributed by atoms with E-state index in [1.54, 1.807) is 6.07 Å². The monoisotopic (exact) mass is 312 g/mol. The Morgan fingerprint density at radius 2 is 2.44 bits per heavy atom. The van der Waals surface area contributed by atoms with Crippen molar-refractivity contribution in [3.8, 4) is 5.75 Å². The molecule has 1 fully saturated rings. The third-order valence-electron chi connectivity index (χ3n) is 3.34. The van der Waals surface area contributed by atoms with Crippen LogP contribution >= 0.6 is 15.9 Å². The van der Waals surface area contributed by atoms with Gasteiger partial charge in [0.15, 0.2) is 0 Å². The van der Waals surface area contributed by atoms with Gasteiger partial charge in [-0.1, -0.05) is 15.9 Å². The van der Waals surface area contributed by atoms with Crippen LogP contribution in [-0.4, -0.2) is 38.8 Å². The zero-order valence-electron chi connectivity index (χ0n) is 10.2. The molecule has 0 bridgehead atoms. The summed E-state index contributed by atoms with van der Waals surface area (Å²) in [6, 6.07) is 1.89. The smallest absolute Gasteiger partial charge is 0.257 e. The zero-order valence-corrected chi connectivity index (χ0v) is 11.8. The number of halogens is 1. The van der Waals surface area contributed by atoms with Gasteiger partial charge in [0.25, 0.3) is 5.91 Å². The van der Waals surface area contributed by atoms with Crippen LogP contribution in [0.4, 0.5) is 0 Å². The van der Waals surface area contributed by atoms with Crippen molar-refractivity contribution in [3.05, 3.63) is 24.0 Å². The van der Waals surface area contributed by atoms with Crippen molar-refractivity contribution in [2.24, 2.45) is 0 Å². The molecule has 1 unspecified atom stereocenters. The lowest BCUT2D eigenvalue weighted by Gasteiger charge is -2.24. The quantitative estimate of drug-likeness (QED) is 0.869. The topological polar surface area (TPSA) is 53.4 Å². The number of aromatic nitrogens is 1. The SMILES string of the molecule is O=C(c1ccncc1O)N1CCCC1CCCBr. The summed E-state index contributed by atoms with van der Waals surface area (Å²) in [5.41, 5.74) is 0.357. The summed E-state index contributed by atoms with van der Waals surface area (Å²) in [5.74, 6) is -0.111. The number of hydrogen-bond acceptors (Lipinski definition) is 3. The second kappa shape index (κ2) is 6.18. The number of rotatable bonds is 4. The molecule has 1 amide bonds. The van der Waals surface area contributed by atoms with Crippen LogP contribution in [0.3, 0.4) is 0 Å². The van der Waals surface area contributed by atoms with Gasteiger partial charge in [-0.2, -0.15) is 0 Å². The molecule has 1 aliphatic rings. The number of amides is 1. The van der Waals surface area contributed by atoms with Gasteiger partial charge in [0.1, 0.15) is 5.75 Å². The summed E-state index contributed by atoms with van der Waals surface area (Å²) in [4.78, 5) is 18.1. The van der Waals surface area contributed by atoms with Crippen LogP contribution in [0.2, 0.25) is 0 Å². The van der Waals surface area contributed by atoms with Gasteiger partial charge in [-0.3, -0.25) is 9.78 Å². The van der Waals surface area contributed by atoms with Crippen molar-refractivity contribution in [2.45, 2.75) is 31.7 Å². The van der Waals surface area contributed by atoms with E-state index in [0.717, 1.165) is 37.6 Å². The molecule has 2 heterocycles. The third kappa shape index (κ3) is 2.83. The van der Waals surface area contributed by atoms with Gasteiger partial charge in [-0.25, -0.2) is 0 Å². The first-order valence-corrected chi connectivity index (χ1v) is 7.36. The minimum atomic E-state index is -0.0769. The first-order valence-electron chi connectivity index (χ1n) is 6.24. The molecule has 1 aromatic heterocycles. The molecule has 0 spiro atoms. The predicted molar refractivity (Wildman–Crippen MR) is 73.0 cm³/mol. The van der Waals surface area contributed by atoms with E-state index in [0.29, 0.717) is 11.6 Å². The maximum atomic E-state index is 12.4. The first-order chi connectivity index (χ1) is 8.74. The van der Waals surface area contributed by atoms with Gasteiger partial charge in [-0.15, -0.1) is 0 Å². The number of hydrogen-bond donors (Lipinski definition) is 1. The second-order valence-corrected chi connectivity index (χ2v) is 5.31. The van der Waals surface area contributed by atoms with E-state index in [-0.39, 0.29) is 11.7 Å². The van der Waals surface area contributed by atoms with Crippen LogP contribution < -0.4 is 0 Å². The molecule has 98 valence electrons. The molecule has 1 atom stereocenters. The summed E-state index contributed by atoms with van der Waals surface area (Å²) in [6.45, 7) is 0.785. The molecular weight excluding hydrogens is 296 g/mol. The van der Waals surface area contributed by atoms with Crippen molar-refractivity contribution in [2.75, 3.05) is 11.9 Å². The van der Waals surface area contributed by atoms with Gasteiger partial charge in [0.2, 0.25) is 0 Å². The fourth-order valence-electron chi connectivity index (χ4n) is 2.44. The average Bonchev–Trinajstić information content (AvgIpc) is 2.84. The maximum absolute atomic E-state index is 12.4. The van der Waals surface area contributed by atoms with E-state index in [9.17, 15) is 9.90 Å². The Balaban J connectivity index is 2.10. The fraction of sp³-hybridized carbons (Fsp3) is 0.538. The second-order valence-electron chi connectivity index (χ2n) is 4.52. The van der Waals surface area contributed by atoms with E-state index in [1.807, 2.05) is 4.90 Å². The molecule has 0 aliphatic carbocycles. The van der Waals surface area contributed by atoms with E-state index in [2.05, 4.69) is 20.9 Å². The summed E-state index contributed by atoms with van der Waals surface area (Å²) in [5, 5.41) is 10.7. The highest BCUT2D eigenvalue weighted by Gasteiger charge is 2.29. The third-order valence-corrected chi connectivity index (χ3v) is 3.90. The number of aromatic hydroxyl groups is 1. The predicted octanol–water partition coefficient (Wildman–Crippen LogP) is 2.57. The summed E-state index contributed by atoms with van der Waals surface area (Å²) >= 11 is 3.42.